The lowest BCUT2D eigenvalue weighted by Gasteiger charge is -2.26. The molecule has 0 bridgehead atoms. The summed E-state index contributed by atoms with van der Waals surface area (Å²) < 4.78 is 5.63. The summed E-state index contributed by atoms with van der Waals surface area (Å²) in [6, 6.07) is 0. The first-order chi connectivity index (χ1) is 8.74. The van der Waals surface area contributed by atoms with Gasteiger partial charge in [0.1, 0.15) is 6.61 Å². The fraction of sp³-hybridized carbons (Fsp3) is 0.615. The fourth-order valence-corrected chi connectivity index (χ4v) is 2.27. The van der Waals surface area contributed by atoms with Crippen molar-refractivity contribution in [3.63, 3.8) is 0 Å². The van der Waals surface area contributed by atoms with Crippen molar-refractivity contribution >= 4 is 11.7 Å². The van der Waals surface area contributed by atoms with Gasteiger partial charge in [0.15, 0.2) is 5.82 Å². The van der Waals surface area contributed by atoms with Crippen molar-refractivity contribution in [2.75, 3.05) is 11.9 Å². The van der Waals surface area contributed by atoms with E-state index in [-0.39, 0.29) is 18.6 Å². The average molecular weight is 249 g/mol. The number of aromatic nitrogens is 2. The first-order valence-corrected chi connectivity index (χ1v) is 6.41. The smallest absolute Gasteiger partial charge is 0.251 e. The Labute approximate surface area is 107 Å². The molecule has 0 radical (unpaired) electrons. The number of rotatable bonds is 4. The second-order valence-corrected chi connectivity index (χ2v) is 4.84. The first-order valence-electron chi connectivity index (χ1n) is 6.41. The van der Waals surface area contributed by atoms with Crippen LogP contribution >= 0.6 is 0 Å². The van der Waals surface area contributed by atoms with Crippen molar-refractivity contribution in [3.05, 3.63) is 18.6 Å². The Morgan fingerprint density at radius 3 is 3.11 bits per heavy atom. The van der Waals surface area contributed by atoms with Crippen LogP contribution in [-0.2, 0) is 9.53 Å². The molecule has 0 spiro atoms. The van der Waals surface area contributed by atoms with Crippen LogP contribution in [0.2, 0.25) is 0 Å². The summed E-state index contributed by atoms with van der Waals surface area (Å²) in [5, 5.41) is 2.66. The molecule has 1 amide bonds. The highest BCUT2D eigenvalue weighted by atomic mass is 16.5. The number of hydrogen-bond donors (Lipinski definition) is 1. The monoisotopic (exact) mass is 249 g/mol. The van der Waals surface area contributed by atoms with E-state index in [4.69, 9.17) is 4.74 Å². The third-order valence-electron chi connectivity index (χ3n) is 3.17. The van der Waals surface area contributed by atoms with E-state index in [0.717, 1.165) is 12.8 Å². The maximum absolute atomic E-state index is 11.6. The van der Waals surface area contributed by atoms with E-state index in [0.29, 0.717) is 11.7 Å². The molecule has 1 aliphatic rings. The zero-order chi connectivity index (χ0) is 12.8. The van der Waals surface area contributed by atoms with E-state index >= 15 is 0 Å². The molecular weight excluding hydrogens is 230 g/mol. The molecule has 0 aliphatic heterocycles. The summed E-state index contributed by atoms with van der Waals surface area (Å²) in [4.78, 5) is 19.5. The summed E-state index contributed by atoms with van der Waals surface area (Å²) in [5.74, 6) is 0.989. The number of carbonyl (C=O) groups is 1. The SMILES string of the molecule is C[C@H]1CCC[C@H](OCC(=O)Nc2cnccn2)C1. The number of nitrogens with one attached hydrogen (secondary N) is 1. The molecule has 1 aliphatic carbocycles. The van der Waals surface area contributed by atoms with Gasteiger partial charge in [0.2, 0.25) is 0 Å². The van der Waals surface area contributed by atoms with Crippen molar-refractivity contribution in [2.45, 2.75) is 38.7 Å². The van der Waals surface area contributed by atoms with Gasteiger partial charge in [0.05, 0.1) is 12.3 Å². The van der Waals surface area contributed by atoms with Crippen LogP contribution in [0.15, 0.2) is 18.6 Å². The number of amides is 1. The molecule has 1 heterocycles. The van der Waals surface area contributed by atoms with Crippen LogP contribution < -0.4 is 5.32 Å². The molecule has 18 heavy (non-hydrogen) atoms. The Hall–Kier alpha value is -1.49. The molecule has 5 heteroatoms. The molecule has 1 N–H and O–H groups in total. The first kappa shape index (κ1) is 13.0. The zero-order valence-corrected chi connectivity index (χ0v) is 10.6. The fourth-order valence-electron chi connectivity index (χ4n) is 2.27. The van der Waals surface area contributed by atoms with Crippen molar-refractivity contribution in [1.29, 1.82) is 0 Å². The van der Waals surface area contributed by atoms with Crippen LogP contribution in [0, 0.1) is 5.92 Å². The number of anilines is 1. The van der Waals surface area contributed by atoms with Crippen LogP contribution in [0.3, 0.4) is 0 Å². The Morgan fingerprint density at radius 1 is 1.50 bits per heavy atom. The van der Waals surface area contributed by atoms with Gasteiger partial charge in [0.25, 0.3) is 5.91 Å². The van der Waals surface area contributed by atoms with Gasteiger partial charge in [-0.25, -0.2) is 4.98 Å². The van der Waals surface area contributed by atoms with Crippen molar-refractivity contribution in [3.8, 4) is 0 Å². The molecular formula is C13H19N3O2. The highest BCUT2D eigenvalue weighted by molar-refractivity contribution is 5.90. The second-order valence-electron chi connectivity index (χ2n) is 4.84. The normalized spacial score (nSPS) is 23.6. The third-order valence-corrected chi connectivity index (χ3v) is 3.17. The van der Waals surface area contributed by atoms with Gasteiger partial charge in [-0.1, -0.05) is 19.8 Å². The molecule has 5 nitrogen and oxygen atoms in total. The van der Waals surface area contributed by atoms with E-state index < -0.39 is 0 Å². The lowest BCUT2D eigenvalue weighted by atomic mass is 9.89. The number of ether oxygens (including phenoxy) is 1. The van der Waals surface area contributed by atoms with Gasteiger partial charge in [-0.15, -0.1) is 0 Å². The number of carbonyl (C=O) groups excluding carboxylic acids is 1. The summed E-state index contributed by atoms with van der Waals surface area (Å²) >= 11 is 0. The summed E-state index contributed by atoms with van der Waals surface area (Å²) in [5.41, 5.74) is 0. The highest BCUT2D eigenvalue weighted by Crippen LogP contribution is 2.25. The van der Waals surface area contributed by atoms with Crippen molar-refractivity contribution in [2.24, 2.45) is 5.92 Å². The van der Waals surface area contributed by atoms with Crippen LogP contribution in [0.5, 0.6) is 0 Å². The molecule has 0 saturated heterocycles. The van der Waals surface area contributed by atoms with E-state index in [1.807, 2.05) is 0 Å². The van der Waals surface area contributed by atoms with E-state index in [2.05, 4.69) is 22.2 Å². The summed E-state index contributed by atoms with van der Waals surface area (Å²) in [6.07, 6.45) is 9.42. The average Bonchev–Trinajstić information content (AvgIpc) is 2.38. The molecule has 0 unspecified atom stereocenters. The Balaban J connectivity index is 1.71. The summed E-state index contributed by atoms with van der Waals surface area (Å²) in [7, 11) is 0. The molecule has 2 rings (SSSR count). The zero-order valence-electron chi connectivity index (χ0n) is 10.6. The topological polar surface area (TPSA) is 64.1 Å². The van der Waals surface area contributed by atoms with Gasteiger partial charge >= 0.3 is 0 Å². The Morgan fingerprint density at radius 2 is 2.39 bits per heavy atom. The Bertz CT molecular complexity index is 383. The van der Waals surface area contributed by atoms with E-state index in [1.54, 1.807) is 12.4 Å². The van der Waals surface area contributed by atoms with E-state index in [1.165, 1.54) is 19.0 Å². The van der Waals surface area contributed by atoms with Gasteiger partial charge < -0.3 is 10.1 Å². The number of hydrogen-bond acceptors (Lipinski definition) is 4. The maximum Gasteiger partial charge on any atom is 0.251 e. The second kappa shape index (κ2) is 6.44. The highest BCUT2D eigenvalue weighted by Gasteiger charge is 2.20. The minimum absolute atomic E-state index is 0.0912. The minimum atomic E-state index is -0.172. The lowest BCUT2D eigenvalue weighted by molar-refractivity contribution is -0.123. The third kappa shape index (κ3) is 4.07. The van der Waals surface area contributed by atoms with Crippen LogP contribution in [0.25, 0.3) is 0 Å². The van der Waals surface area contributed by atoms with Crippen LogP contribution in [-0.4, -0.2) is 28.6 Å². The quantitative estimate of drug-likeness (QED) is 0.886. The predicted octanol–water partition coefficient (Wildman–Crippen LogP) is 2.01. The maximum atomic E-state index is 11.6. The van der Waals surface area contributed by atoms with Gasteiger partial charge in [-0.3, -0.25) is 9.78 Å². The van der Waals surface area contributed by atoms with Crippen molar-refractivity contribution < 1.29 is 9.53 Å². The van der Waals surface area contributed by atoms with Gasteiger partial charge in [-0.05, 0) is 18.8 Å². The van der Waals surface area contributed by atoms with Crippen LogP contribution in [0.1, 0.15) is 32.6 Å². The van der Waals surface area contributed by atoms with Crippen LogP contribution in [0.4, 0.5) is 5.82 Å². The molecule has 1 aromatic rings. The van der Waals surface area contributed by atoms with Crippen molar-refractivity contribution in [1.82, 2.24) is 9.97 Å². The summed E-state index contributed by atoms with van der Waals surface area (Å²) in [6.45, 7) is 2.32. The minimum Gasteiger partial charge on any atom is -0.368 e. The lowest BCUT2D eigenvalue weighted by Crippen LogP contribution is -2.27. The van der Waals surface area contributed by atoms with Gasteiger partial charge in [0, 0.05) is 12.4 Å². The molecule has 1 aromatic heterocycles. The Kier molecular flexibility index (Phi) is 4.64. The molecule has 2 atom stereocenters. The standard InChI is InChI=1S/C13H19N3O2/c1-10-3-2-4-11(7-10)18-9-13(17)16-12-8-14-5-6-15-12/h5-6,8,10-11H,2-4,7,9H2,1H3,(H,15,16,17)/t10-,11-/m0/s1. The molecule has 1 fully saturated rings. The molecule has 1 saturated carbocycles. The molecule has 0 aromatic carbocycles. The predicted molar refractivity (Wildman–Crippen MR) is 68.0 cm³/mol. The van der Waals surface area contributed by atoms with Gasteiger partial charge in [-0.2, -0.15) is 0 Å². The number of nitrogens with zero attached hydrogens (tertiary/aromatic N) is 2. The largest absolute Gasteiger partial charge is 0.368 e. The molecule has 98 valence electrons. The van der Waals surface area contributed by atoms with E-state index in [9.17, 15) is 4.79 Å².